The predicted molar refractivity (Wildman–Crippen MR) is 90.8 cm³/mol. The van der Waals surface area contributed by atoms with Gasteiger partial charge in [-0.05, 0) is 18.2 Å². The molecule has 0 aliphatic carbocycles. The summed E-state index contributed by atoms with van der Waals surface area (Å²) < 4.78 is 35.0. The largest absolute Gasteiger partial charge is 0.383 e. The summed E-state index contributed by atoms with van der Waals surface area (Å²) in [5.41, 5.74) is 0.203. The lowest BCUT2D eigenvalue weighted by Crippen LogP contribution is -2.19. The molecule has 0 unspecified atom stereocenters. The van der Waals surface area contributed by atoms with Gasteiger partial charge in [-0.25, -0.2) is 8.78 Å². The lowest BCUT2D eigenvalue weighted by molar-refractivity contribution is 0.100. The lowest BCUT2D eigenvalue weighted by atomic mass is 10.3. The Morgan fingerprint density at radius 2 is 2.12 bits per heavy atom. The van der Waals surface area contributed by atoms with Crippen molar-refractivity contribution >= 4 is 50.4 Å². The first-order valence-electron chi connectivity index (χ1n) is 6.81. The minimum atomic E-state index is -0.703. The number of thiazole rings is 1. The Hall–Kier alpha value is -1.61. The smallest absolute Gasteiger partial charge is 0.289 e. The molecule has 3 rings (SSSR count). The highest BCUT2D eigenvalue weighted by Crippen LogP contribution is 2.24. The number of methoxy groups -OCH3 is 1. The van der Waals surface area contributed by atoms with Gasteiger partial charge in [0.2, 0.25) is 0 Å². The number of nitrogens with zero attached hydrogens (tertiary/aromatic N) is 2. The molecule has 24 heavy (non-hydrogen) atoms. The highest BCUT2D eigenvalue weighted by atomic mass is 35.5. The van der Waals surface area contributed by atoms with Crippen molar-refractivity contribution in [3.63, 3.8) is 0 Å². The third-order valence-electron chi connectivity index (χ3n) is 3.20. The average Bonchev–Trinajstić information content (AvgIpc) is 3.09. The van der Waals surface area contributed by atoms with Crippen LogP contribution in [0.15, 0.2) is 29.3 Å². The molecule has 2 aromatic heterocycles. The van der Waals surface area contributed by atoms with Crippen LogP contribution in [0.5, 0.6) is 0 Å². The summed E-state index contributed by atoms with van der Waals surface area (Å²) in [6, 6.07) is 5.21. The van der Waals surface area contributed by atoms with E-state index < -0.39 is 17.5 Å². The highest BCUT2D eigenvalue weighted by molar-refractivity contribution is 7.18. The van der Waals surface area contributed by atoms with Gasteiger partial charge in [-0.1, -0.05) is 22.9 Å². The van der Waals surface area contributed by atoms with Crippen molar-refractivity contribution < 1.29 is 18.3 Å². The van der Waals surface area contributed by atoms with Crippen LogP contribution in [0, 0.1) is 11.6 Å². The third-order valence-corrected chi connectivity index (χ3v) is 5.44. The zero-order valence-corrected chi connectivity index (χ0v) is 14.8. The van der Waals surface area contributed by atoms with Gasteiger partial charge in [0.15, 0.2) is 10.6 Å². The van der Waals surface area contributed by atoms with E-state index in [0.717, 1.165) is 28.7 Å². The summed E-state index contributed by atoms with van der Waals surface area (Å²) in [6.45, 7) is 0.589. The van der Waals surface area contributed by atoms with Gasteiger partial charge in [0.1, 0.15) is 5.82 Å². The zero-order valence-electron chi connectivity index (χ0n) is 12.4. The van der Waals surface area contributed by atoms with Gasteiger partial charge in [-0.15, -0.1) is 11.3 Å². The summed E-state index contributed by atoms with van der Waals surface area (Å²) in [6.07, 6.45) is 0. The molecule has 0 spiro atoms. The molecule has 0 bridgehead atoms. The van der Waals surface area contributed by atoms with E-state index in [1.54, 1.807) is 12.1 Å². The molecule has 0 saturated heterocycles. The zero-order chi connectivity index (χ0) is 17.3. The van der Waals surface area contributed by atoms with E-state index in [4.69, 9.17) is 16.3 Å². The van der Waals surface area contributed by atoms with Crippen LogP contribution in [0.4, 0.5) is 8.78 Å². The second kappa shape index (κ2) is 7.10. The van der Waals surface area contributed by atoms with Gasteiger partial charge in [0, 0.05) is 19.7 Å². The summed E-state index contributed by atoms with van der Waals surface area (Å²) >= 11 is 7.98. The van der Waals surface area contributed by atoms with Crippen LogP contribution < -0.4 is 4.80 Å². The van der Waals surface area contributed by atoms with E-state index in [-0.39, 0.29) is 16.9 Å². The number of fused-ring (bicyclic) bond motifs is 1. The normalized spacial score (nSPS) is 12.2. The maximum absolute atomic E-state index is 14.2. The molecule has 4 nitrogen and oxygen atoms in total. The molecule has 0 aliphatic rings. The first-order chi connectivity index (χ1) is 11.5. The Kier molecular flexibility index (Phi) is 5.09. The van der Waals surface area contributed by atoms with Crippen LogP contribution >= 0.6 is 34.3 Å². The molecule has 0 aliphatic heterocycles. The van der Waals surface area contributed by atoms with Crippen molar-refractivity contribution in [2.45, 2.75) is 6.54 Å². The highest BCUT2D eigenvalue weighted by Gasteiger charge is 2.15. The molecule has 0 fully saturated rings. The molecule has 2 heterocycles. The van der Waals surface area contributed by atoms with Gasteiger partial charge >= 0.3 is 0 Å². The van der Waals surface area contributed by atoms with Crippen LogP contribution in [-0.2, 0) is 11.3 Å². The number of halogens is 3. The number of amides is 1. The molecule has 126 valence electrons. The number of ether oxygens (including phenoxy) is 1. The van der Waals surface area contributed by atoms with Crippen LogP contribution in [0.1, 0.15) is 9.67 Å². The molecule has 3 aromatic rings. The van der Waals surface area contributed by atoms with Crippen molar-refractivity contribution in [1.82, 2.24) is 4.57 Å². The van der Waals surface area contributed by atoms with E-state index in [1.165, 1.54) is 17.7 Å². The van der Waals surface area contributed by atoms with Crippen LogP contribution in [-0.4, -0.2) is 24.2 Å². The number of benzene rings is 1. The monoisotopic (exact) mass is 388 g/mol. The van der Waals surface area contributed by atoms with Crippen LogP contribution in [0.3, 0.4) is 0 Å². The lowest BCUT2D eigenvalue weighted by Gasteiger charge is -2.05. The van der Waals surface area contributed by atoms with Crippen LogP contribution in [0.2, 0.25) is 4.34 Å². The number of rotatable bonds is 4. The van der Waals surface area contributed by atoms with E-state index in [0.29, 0.717) is 20.5 Å². The Morgan fingerprint density at radius 3 is 2.79 bits per heavy atom. The molecule has 0 atom stereocenters. The number of carbonyl (C=O) groups excluding carboxylic acids is 1. The Morgan fingerprint density at radius 1 is 1.33 bits per heavy atom. The minimum absolute atomic E-state index is 0.203. The van der Waals surface area contributed by atoms with Crippen molar-refractivity contribution in [3.05, 3.63) is 49.9 Å². The number of thiophene rings is 1. The van der Waals surface area contributed by atoms with Crippen molar-refractivity contribution in [1.29, 1.82) is 0 Å². The number of hydrogen-bond donors (Lipinski definition) is 0. The van der Waals surface area contributed by atoms with Crippen LogP contribution in [0.25, 0.3) is 10.2 Å². The molecule has 1 amide bonds. The standard InChI is InChI=1S/C15H11ClF2N2O2S2/c1-22-5-4-20-13-9(18)6-8(17)7-11(13)24-15(20)19-14(21)10-2-3-12(16)23-10/h2-3,6-7H,4-5H2,1H3. The predicted octanol–water partition coefficient (Wildman–Crippen LogP) is 4.08. The fourth-order valence-electron chi connectivity index (χ4n) is 2.18. The van der Waals surface area contributed by atoms with E-state index in [2.05, 4.69) is 4.99 Å². The quantitative estimate of drug-likeness (QED) is 0.675. The number of aromatic nitrogens is 1. The minimum Gasteiger partial charge on any atom is -0.383 e. The molecule has 0 radical (unpaired) electrons. The summed E-state index contributed by atoms with van der Waals surface area (Å²) in [7, 11) is 1.51. The maximum atomic E-state index is 14.2. The molecule has 9 heteroatoms. The van der Waals surface area contributed by atoms with Crippen molar-refractivity contribution in [3.8, 4) is 0 Å². The molecule has 1 aromatic carbocycles. The van der Waals surface area contributed by atoms with E-state index in [9.17, 15) is 13.6 Å². The van der Waals surface area contributed by atoms with Crippen molar-refractivity contribution in [2.75, 3.05) is 13.7 Å². The first-order valence-corrected chi connectivity index (χ1v) is 8.82. The summed E-state index contributed by atoms with van der Waals surface area (Å²) in [5.74, 6) is -1.86. The molecule has 0 N–H and O–H groups in total. The Balaban J connectivity index is 2.17. The molecular formula is C15H11ClF2N2O2S2. The fraction of sp³-hybridized carbons (Fsp3) is 0.200. The summed E-state index contributed by atoms with van der Waals surface area (Å²) in [4.78, 5) is 17.0. The Labute approximate surface area is 148 Å². The first kappa shape index (κ1) is 17.2. The van der Waals surface area contributed by atoms with Crippen molar-refractivity contribution in [2.24, 2.45) is 4.99 Å². The van der Waals surface area contributed by atoms with Gasteiger partial charge in [-0.2, -0.15) is 4.99 Å². The number of hydrogen-bond acceptors (Lipinski definition) is 4. The van der Waals surface area contributed by atoms with Gasteiger partial charge in [-0.3, -0.25) is 4.79 Å². The molecular weight excluding hydrogens is 378 g/mol. The van der Waals surface area contributed by atoms with Gasteiger partial charge in [0.25, 0.3) is 5.91 Å². The fourth-order valence-corrected chi connectivity index (χ4v) is 4.20. The maximum Gasteiger partial charge on any atom is 0.289 e. The Bertz CT molecular complexity index is 978. The second-order valence-corrected chi connectivity index (χ2v) is 7.51. The van der Waals surface area contributed by atoms with E-state index >= 15 is 0 Å². The van der Waals surface area contributed by atoms with Gasteiger partial charge < -0.3 is 9.30 Å². The number of carbonyl (C=O) groups is 1. The topological polar surface area (TPSA) is 43.6 Å². The summed E-state index contributed by atoms with van der Waals surface area (Å²) in [5, 5.41) is 0. The molecule has 0 saturated carbocycles. The SMILES string of the molecule is COCCn1c(=NC(=O)c2ccc(Cl)s2)sc2cc(F)cc(F)c21. The third kappa shape index (κ3) is 3.41. The van der Waals surface area contributed by atoms with Gasteiger partial charge in [0.05, 0.1) is 26.0 Å². The van der Waals surface area contributed by atoms with E-state index in [1.807, 2.05) is 0 Å². The second-order valence-electron chi connectivity index (χ2n) is 4.78. The average molecular weight is 389 g/mol.